The van der Waals surface area contributed by atoms with Gasteiger partial charge >= 0.3 is 0 Å². The van der Waals surface area contributed by atoms with Gasteiger partial charge in [-0.25, -0.2) is 16.8 Å². The summed E-state index contributed by atoms with van der Waals surface area (Å²) in [6.07, 6.45) is 0. The maximum Gasteiger partial charge on any atom is 0.262 e. The number of phenolic OH excluding ortho intramolecular Hbond substituents is 2. The molecule has 158 valence electrons. The summed E-state index contributed by atoms with van der Waals surface area (Å²) in [7, 11) is -8.51. The zero-order valence-electron chi connectivity index (χ0n) is 14.9. The molecule has 0 aromatic heterocycles. The fourth-order valence-electron chi connectivity index (χ4n) is 2.40. The monoisotopic (exact) mass is 488 g/mol. The van der Waals surface area contributed by atoms with Gasteiger partial charge in [0.25, 0.3) is 20.0 Å². The minimum Gasteiger partial charge on any atom is -0.506 e. The third-order valence-electron chi connectivity index (χ3n) is 3.83. The Kier molecular flexibility index (Phi) is 6.04. The van der Waals surface area contributed by atoms with E-state index in [2.05, 4.69) is 9.44 Å². The van der Waals surface area contributed by atoms with Crippen LogP contribution < -0.4 is 9.44 Å². The van der Waals surface area contributed by atoms with Gasteiger partial charge in [0.2, 0.25) is 0 Å². The SMILES string of the molecule is O=S(=O)(Nc1cc(Cl)ccc1O)c1cccc(S(=O)(=O)Nc2cc(Cl)ccc2O)c1. The Morgan fingerprint density at radius 2 is 1.03 bits per heavy atom. The van der Waals surface area contributed by atoms with Crippen LogP contribution in [0.4, 0.5) is 11.4 Å². The lowest BCUT2D eigenvalue weighted by Gasteiger charge is -2.13. The highest BCUT2D eigenvalue weighted by atomic mass is 35.5. The van der Waals surface area contributed by atoms with E-state index in [9.17, 15) is 27.0 Å². The molecule has 0 heterocycles. The van der Waals surface area contributed by atoms with Gasteiger partial charge < -0.3 is 10.2 Å². The van der Waals surface area contributed by atoms with E-state index in [1.807, 2.05) is 0 Å². The van der Waals surface area contributed by atoms with Crippen LogP contribution in [-0.2, 0) is 20.0 Å². The minimum absolute atomic E-state index is 0.169. The number of aromatic hydroxyl groups is 2. The van der Waals surface area contributed by atoms with E-state index in [-0.39, 0.29) is 42.7 Å². The molecule has 0 aliphatic carbocycles. The molecule has 3 rings (SSSR count). The Morgan fingerprint density at radius 3 is 1.43 bits per heavy atom. The van der Waals surface area contributed by atoms with E-state index in [1.54, 1.807) is 0 Å². The molecule has 8 nitrogen and oxygen atoms in total. The fraction of sp³-hybridized carbons (Fsp3) is 0. The Labute approximate surface area is 182 Å². The molecular formula is C18H14Cl2N2O6S2. The van der Waals surface area contributed by atoms with Crippen molar-refractivity contribution in [2.45, 2.75) is 9.79 Å². The average Bonchev–Trinajstić information content (AvgIpc) is 2.67. The van der Waals surface area contributed by atoms with Gasteiger partial charge in [-0.15, -0.1) is 0 Å². The van der Waals surface area contributed by atoms with E-state index >= 15 is 0 Å². The summed E-state index contributed by atoms with van der Waals surface area (Å²) in [6, 6.07) is 12.1. The van der Waals surface area contributed by atoms with E-state index in [0.29, 0.717) is 0 Å². The number of hydrogen-bond acceptors (Lipinski definition) is 6. The number of hydrogen-bond donors (Lipinski definition) is 4. The van der Waals surface area contributed by atoms with E-state index in [0.717, 1.165) is 6.07 Å². The van der Waals surface area contributed by atoms with Gasteiger partial charge in [0.05, 0.1) is 21.2 Å². The molecule has 3 aromatic carbocycles. The van der Waals surface area contributed by atoms with Gasteiger partial charge in [0.1, 0.15) is 11.5 Å². The number of halogens is 2. The molecule has 0 aliphatic rings. The van der Waals surface area contributed by atoms with Gasteiger partial charge in [-0.1, -0.05) is 29.3 Å². The Morgan fingerprint density at radius 1 is 0.633 bits per heavy atom. The second-order valence-corrected chi connectivity index (χ2v) is 10.2. The zero-order valence-corrected chi connectivity index (χ0v) is 18.0. The van der Waals surface area contributed by atoms with Crippen molar-refractivity contribution in [1.29, 1.82) is 0 Å². The first-order valence-electron chi connectivity index (χ1n) is 8.11. The van der Waals surface area contributed by atoms with Crippen LogP contribution in [0.25, 0.3) is 0 Å². The van der Waals surface area contributed by atoms with Crippen molar-refractivity contribution in [3.63, 3.8) is 0 Å². The predicted molar refractivity (Wildman–Crippen MR) is 114 cm³/mol. The molecule has 3 aromatic rings. The van der Waals surface area contributed by atoms with Crippen molar-refractivity contribution in [3.05, 3.63) is 70.7 Å². The molecule has 0 fully saturated rings. The first kappa shape index (κ1) is 22.0. The van der Waals surface area contributed by atoms with E-state index in [4.69, 9.17) is 23.2 Å². The van der Waals surface area contributed by atoms with Crippen molar-refractivity contribution >= 4 is 54.6 Å². The minimum atomic E-state index is -4.25. The molecule has 0 saturated carbocycles. The maximum atomic E-state index is 12.7. The van der Waals surface area contributed by atoms with Crippen molar-refractivity contribution < 1.29 is 27.0 Å². The summed E-state index contributed by atoms with van der Waals surface area (Å²) in [6.45, 7) is 0. The van der Waals surface area contributed by atoms with Crippen molar-refractivity contribution in [3.8, 4) is 11.5 Å². The largest absolute Gasteiger partial charge is 0.506 e. The molecule has 0 radical (unpaired) electrons. The highest BCUT2D eigenvalue weighted by Gasteiger charge is 2.22. The molecule has 0 saturated heterocycles. The second-order valence-electron chi connectivity index (χ2n) is 6.01. The Balaban J connectivity index is 1.95. The molecule has 0 atom stereocenters. The quantitative estimate of drug-likeness (QED) is 0.387. The lowest BCUT2D eigenvalue weighted by Crippen LogP contribution is -2.16. The third-order valence-corrected chi connectivity index (χ3v) is 7.03. The molecule has 30 heavy (non-hydrogen) atoms. The zero-order chi connectivity index (χ0) is 22.1. The standard InChI is InChI=1S/C18H14Cl2N2O6S2/c19-11-4-6-17(23)15(8-11)21-29(25,26)13-2-1-3-14(10-13)30(27,28)22-16-9-12(20)5-7-18(16)24/h1-10,21-24H. The number of phenols is 2. The molecular weight excluding hydrogens is 475 g/mol. The second kappa shape index (κ2) is 8.23. The van der Waals surface area contributed by atoms with Crippen molar-refractivity contribution in [1.82, 2.24) is 0 Å². The van der Waals surface area contributed by atoms with Crippen LogP contribution in [0.2, 0.25) is 10.0 Å². The highest BCUT2D eigenvalue weighted by molar-refractivity contribution is 7.93. The van der Waals surface area contributed by atoms with Crippen LogP contribution in [0.15, 0.2) is 70.5 Å². The molecule has 0 spiro atoms. The number of nitrogens with one attached hydrogen (secondary N) is 2. The lowest BCUT2D eigenvalue weighted by atomic mass is 10.3. The summed E-state index contributed by atoms with van der Waals surface area (Å²) in [5.74, 6) is -0.713. The summed E-state index contributed by atoms with van der Waals surface area (Å²) in [5.41, 5.74) is -0.338. The van der Waals surface area contributed by atoms with Gasteiger partial charge in [-0.3, -0.25) is 9.44 Å². The molecule has 0 aliphatic heterocycles. The van der Waals surface area contributed by atoms with Gasteiger partial charge in [-0.2, -0.15) is 0 Å². The van der Waals surface area contributed by atoms with E-state index in [1.165, 1.54) is 54.6 Å². The van der Waals surface area contributed by atoms with Crippen molar-refractivity contribution in [2.75, 3.05) is 9.44 Å². The summed E-state index contributed by atoms with van der Waals surface area (Å²) >= 11 is 11.6. The van der Waals surface area contributed by atoms with Gasteiger partial charge in [-0.05, 0) is 54.6 Å². The van der Waals surface area contributed by atoms with Crippen LogP contribution in [0.3, 0.4) is 0 Å². The molecule has 0 bridgehead atoms. The Hall–Kier alpha value is -2.66. The molecule has 4 N–H and O–H groups in total. The highest BCUT2D eigenvalue weighted by Crippen LogP contribution is 2.31. The number of sulfonamides is 2. The number of benzene rings is 3. The lowest BCUT2D eigenvalue weighted by molar-refractivity contribution is 0.477. The first-order chi connectivity index (χ1) is 14.0. The topological polar surface area (TPSA) is 133 Å². The summed E-state index contributed by atoms with van der Waals surface area (Å²) in [5, 5.41) is 20.0. The number of anilines is 2. The van der Waals surface area contributed by atoms with E-state index < -0.39 is 20.0 Å². The summed E-state index contributed by atoms with van der Waals surface area (Å²) < 4.78 is 55.0. The smallest absolute Gasteiger partial charge is 0.262 e. The fourth-order valence-corrected chi connectivity index (χ4v) is 5.04. The van der Waals surface area contributed by atoms with Crippen LogP contribution in [0.5, 0.6) is 11.5 Å². The van der Waals surface area contributed by atoms with Crippen LogP contribution >= 0.6 is 23.2 Å². The first-order valence-corrected chi connectivity index (χ1v) is 11.8. The van der Waals surface area contributed by atoms with Crippen LogP contribution in [0.1, 0.15) is 0 Å². The predicted octanol–water partition coefficient (Wildman–Crippen LogP) is 4.01. The molecule has 0 unspecified atom stereocenters. The van der Waals surface area contributed by atoms with Gasteiger partial charge in [0.15, 0.2) is 0 Å². The summed E-state index contributed by atoms with van der Waals surface area (Å²) in [4.78, 5) is -0.750. The number of rotatable bonds is 6. The molecule has 12 heteroatoms. The van der Waals surface area contributed by atoms with Gasteiger partial charge in [0, 0.05) is 10.0 Å². The normalized spacial score (nSPS) is 11.8. The maximum absolute atomic E-state index is 12.7. The molecule has 0 amide bonds. The Bertz CT molecular complexity index is 1230. The average molecular weight is 489 g/mol. The van der Waals surface area contributed by atoms with Crippen LogP contribution in [0, 0.1) is 0 Å². The third kappa shape index (κ3) is 4.90. The van der Waals surface area contributed by atoms with Crippen LogP contribution in [-0.4, -0.2) is 27.0 Å². The van der Waals surface area contributed by atoms with Crippen molar-refractivity contribution in [2.24, 2.45) is 0 Å².